The van der Waals surface area contributed by atoms with Crippen LogP contribution < -0.4 is 15.2 Å². The molecule has 1 aromatic rings. The van der Waals surface area contributed by atoms with E-state index in [0.717, 1.165) is 5.56 Å². The summed E-state index contributed by atoms with van der Waals surface area (Å²) in [6.45, 7) is 0.692. The third-order valence-corrected chi connectivity index (χ3v) is 2.11. The molecule has 0 unspecified atom stereocenters. The molecule has 0 saturated carbocycles. The summed E-state index contributed by atoms with van der Waals surface area (Å²) in [5, 5.41) is 0. The van der Waals surface area contributed by atoms with Gasteiger partial charge in [-0.15, -0.1) is 0 Å². The maximum Gasteiger partial charge on any atom is 0.411 e. The third-order valence-electron chi connectivity index (χ3n) is 2.11. The van der Waals surface area contributed by atoms with Crippen LogP contribution in [0.3, 0.4) is 0 Å². The fraction of sp³-hybridized carbons (Fsp3) is 0.500. The predicted molar refractivity (Wildman–Crippen MR) is 63.0 cm³/mol. The summed E-state index contributed by atoms with van der Waals surface area (Å²) < 4.78 is 50.4. The fourth-order valence-corrected chi connectivity index (χ4v) is 1.33. The van der Waals surface area contributed by atoms with E-state index < -0.39 is 19.6 Å². The molecule has 108 valence electrons. The Balaban J connectivity index is 2.56. The summed E-state index contributed by atoms with van der Waals surface area (Å²) >= 11 is 0. The standard InChI is InChI=1S/C12H16F3NO3/c1-2-18-11-5-9(6-16)3-4-10(11)19-8-17-7-12(13,14)15/h3-5H,2,6-8,16H2,1H3. The largest absolute Gasteiger partial charge is 0.490 e. The molecule has 0 aliphatic carbocycles. The number of alkyl halides is 3. The average Bonchev–Trinajstić information content (AvgIpc) is 2.35. The van der Waals surface area contributed by atoms with Crippen LogP contribution in [0.25, 0.3) is 0 Å². The number of benzene rings is 1. The van der Waals surface area contributed by atoms with Gasteiger partial charge in [0.2, 0.25) is 0 Å². The third kappa shape index (κ3) is 5.80. The smallest absolute Gasteiger partial charge is 0.411 e. The molecule has 0 radical (unpaired) electrons. The van der Waals surface area contributed by atoms with Crippen molar-refractivity contribution in [2.45, 2.75) is 19.6 Å². The molecule has 0 bridgehead atoms. The maximum atomic E-state index is 11.9. The van der Waals surface area contributed by atoms with Crippen molar-refractivity contribution in [3.8, 4) is 11.5 Å². The van der Waals surface area contributed by atoms with Gasteiger partial charge in [0.25, 0.3) is 0 Å². The van der Waals surface area contributed by atoms with Gasteiger partial charge in [-0.05, 0) is 24.6 Å². The van der Waals surface area contributed by atoms with Gasteiger partial charge in [0.1, 0.15) is 6.61 Å². The average molecular weight is 279 g/mol. The summed E-state index contributed by atoms with van der Waals surface area (Å²) in [5.74, 6) is 0.752. The second kappa shape index (κ2) is 7.20. The summed E-state index contributed by atoms with van der Waals surface area (Å²) in [4.78, 5) is 0. The first-order chi connectivity index (χ1) is 8.96. The highest BCUT2D eigenvalue weighted by Gasteiger charge is 2.27. The first-order valence-electron chi connectivity index (χ1n) is 5.69. The van der Waals surface area contributed by atoms with Crippen LogP contribution in [0.4, 0.5) is 13.2 Å². The first-order valence-corrected chi connectivity index (χ1v) is 5.69. The molecule has 0 amide bonds. The number of hydrogen-bond donors (Lipinski definition) is 1. The fourth-order valence-electron chi connectivity index (χ4n) is 1.33. The van der Waals surface area contributed by atoms with Gasteiger partial charge >= 0.3 is 6.18 Å². The van der Waals surface area contributed by atoms with Crippen molar-refractivity contribution in [2.75, 3.05) is 20.0 Å². The van der Waals surface area contributed by atoms with E-state index in [-0.39, 0.29) is 0 Å². The quantitative estimate of drug-likeness (QED) is 0.615. The molecule has 0 heterocycles. The first kappa shape index (κ1) is 15.6. The van der Waals surface area contributed by atoms with E-state index in [2.05, 4.69) is 4.74 Å². The van der Waals surface area contributed by atoms with Gasteiger partial charge in [0.15, 0.2) is 18.3 Å². The van der Waals surface area contributed by atoms with Crippen LogP contribution in [0.2, 0.25) is 0 Å². The normalized spacial score (nSPS) is 11.4. The van der Waals surface area contributed by atoms with Gasteiger partial charge in [-0.3, -0.25) is 0 Å². The van der Waals surface area contributed by atoms with Crippen molar-refractivity contribution < 1.29 is 27.4 Å². The van der Waals surface area contributed by atoms with E-state index in [1.165, 1.54) is 0 Å². The Morgan fingerprint density at radius 2 is 1.89 bits per heavy atom. The Morgan fingerprint density at radius 3 is 2.47 bits per heavy atom. The summed E-state index contributed by atoms with van der Waals surface area (Å²) in [7, 11) is 0. The molecule has 1 rings (SSSR count). The van der Waals surface area contributed by atoms with E-state index >= 15 is 0 Å². The molecule has 7 heteroatoms. The van der Waals surface area contributed by atoms with Gasteiger partial charge in [-0.2, -0.15) is 13.2 Å². The van der Waals surface area contributed by atoms with Crippen LogP contribution in [0.1, 0.15) is 12.5 Å². The molecule has 2 N–H and O–H groups in total. The second-order valence-electron chi connectivity index (χ2n) is 3.64. The Labute approximate surface area is 109 Å². The van der Waals surface area contributed by atoms with Gasteiger partial charge in [-0.1, -0.05) is 6.07 Å². The highest BCUT2D eigenvalue weighted by atomic mass is 19.4. The van der Waals surface area contributed by atoms with Crippen molar-refractivity contribution in [3.63, 3.8) is 0 Å². The Morgan fingerprint density at radius 1 is 1.16 bits per heavy atom. The number of halogens is 3. The van der Waals surface area contributed by atoms with Gasteiger partial charge in [0, 0.05) is 6.54 Å². The van der Waals surface area contributed by atoms with Crippen LogP contribution in [0.5, 0.6) is 11.5 Å². The number of nitrogens with two attached hydrogens (primary N) is 1. The number of ether oxygens (including phenoxy) is 3. The molecule has 0 aliphatic rings. The van der Waals surface area contributed by atoms with Crippen molar-refractivity contribution >= 4 is 0 Å². The molecule has 0 saturated heterocycles. The highest BCUT2D eigenvalue weighted by molar-refractivity contribution is 5.42. The van der Waals surface area contributed by atoms with E-state index in [1.54, 1.807) is 25.1 Å². The van der Waals surface area contributed by atoms with Crippen molar-refractivity contribution in [2.24, 2.45) is 5.73 Å². The van der Waals surface area contributed by atoms with Crippen molar-refractivity contribution in [3.05, 3.63) is 23.8 Å². The predicted octanol–water partition coefficient (Wildman–Crippen LogP) is 2.46. The van der Waals surface area contributed by atoms with Gasteiger partial charge < -0.3 is 19.9 Å². The zero-order valence-electron chi connectivity index (χ0n) is 10.5. The summed E-state index contributed by atoms with van der Waals surface area (Å²) in [5.41, 5.74) is 6.33. The van der Waals surface area contributed by atoms with Crippen molar-refractivity contribution in [1.29, 1.82) is 0 Å². The molecule has 4 nitrogen and oxygen atoms in total. The van der Waals surface area contributed by atoms with Crippen LogP contribution in [0, 0.1) is 0 Å². The molecular weight excluding hydrogens is 263 g/mol. The molecular formula is C12H16F3NO3. The molecule has 0 fully saturated rings. The summed E-state index contributed by atoms with van der Waals surface area (Å²) in [6, 6.07) is 4.98. The van der Waals surface area contributed by atoms with E-state index in [1.807, 2.05) is 0 Å². The van der Waals surface area contributed by atoms with E-state index in [4.69, 9.17) is 15.2 Å². The summed E-state index contributed by atoms with van der Waals surface area (Å²) in [6.07, 6.45) is -4.37. The lowest BCUT2D eigenvalue weighted by atomic mass is 10.2. The van der Waals surface area contributed by atoms with Gasteiger partial charge in [0.05, 0.1) is 6.61 Å². The zero-order valence-corrected chi connectivity index (χ0v) is 10.5. The van der Waals surface area contributed by atoms with Crippen LogP contribution in [-0.4, -0.2) is 26.2 Å². The van der Waals surface area contributed by atoms with E-state index in [0.29, 0.717) is 24.7 Å². The lowest BCUT2D eigenvalue weighted by Crippen LogP contribution is -2.19. The minimum absolute atomic E-state index is 0.321. The minimum atomic E-state index is -4.37. The molecule has 0 aliphatic heterocycles. The monoisotopic (exact) mass is 279 g/mol. The number of hydrogen-bond acceptors (Lipinski definition) is 4. The topological polar surface area (TPSA) is 53.7 Å². The Bertz CT molecular complexity index is 396. The Hall–Kier alpha value is -1.47. The number of rotatable bonds is 7. The lowest BCUT2D eigenvalue weighted by Gasteiger charge is -2.13. The van der Waals surface area contributed by atoms with Crippen molar-refractivity contribution in [1.82, 2.24) is 0 Å². The molecule has 0 spiro atoms. The minimum Gasteiger partial charge on any atom is -0.490 e. The van der Waals surface area contributed by atoms with Gasteiger partial charge in [-0.25, -0.2) is 0 Å². The Kier molecular flexibility index (Phi) is 5.91. The van der Waals surface area contributed by atoms with Crippen LogP contribution >= 0.6 is 0 Å². The van der Waals surface area contributed by atoms with E-state index in [9.17, 15) is 13.2 Å². The second-order valence-corrected chi connectivity index (χ2v) is 3.64. The molecule has 19 heavy (non-hydrogen) atoms. The maximum absolute atomic E-state index is 11.9. The van der Waals surface area contributed by atoms with Crippen LogP contribution in [0.15, 0.2) is 18.2 Å². The molecule has 1 aromatic carbocycles. The van der Waals surface area contributed by atoms with Crippen LogP contribution in [-0.2, 0) is 11.3 Å². The molecule has 0 atom stereocenters. The zero-order chi connectivity index (χ0) is 14.3. The highest BCUT2D eigenvalue weighted by Crippen LogP contribution is 2.28. The molecule has 0 aromatic heterocycles. The SMILES string of the molecule is CCOc1cc(CN)ccc1OCOCC(F)(F)F. The lowest BCUT2D eigenvalue weighted by molar-refractivity contribution is -0.186.